The average Bonchev–Trinajstić information content (AvgIpc) is 2.17. The summed E-state index contributed by atoms with van der Waals surface area (Å²) in [4.78, 5) is 7.36. The Morgan fingerprint density at radius 3 is 2.93 bits per heavy atom. The number of benzene rings is 1. The summed E-state index contributed by atoms with van der Waals surface area (Å²) in [5.74, 6) is 0. The van der Waals surface area contributed by atoms with Crippen molar-refractivity contribution in [3.63, 3.8) is 0 Å². The van der Waals surface area contributed by atoms with Gasteiger partial charge in [0.25, 0.3) is 0 Å². The number of halogens is 1. The zero-order valence-electron chi connectivity index (χ0n) is 8.21. The summed E-state index contributed by atoms with van der Waals surface area (Å²) in [5, 5.41) is 0.906. The second kappa shape index (κ2) is 3.37. The van der Waals surface area contributed by atoms with Crippen LogP contribution in [0.2, 0.25) is 0 Å². The Kier molecular flexibility index (Phi) is 2.19. The maximum Gasteiger partial charge on any atom is 0.309 e. The van der Waals surface area contributed by atoms with Gasteiger partial charge in [0.15, 0.2) is 0 Å². The molecule has 0 fully saturated rings. The first-order valence-corrected chi connectivity index (χ1v) is 4.62. The van der Waals surface area contributed by atoms with Gasteiger partial charge in [-0.15, -0.1) is 0 Å². The van der Waals surface area contributed by atoms with Crippen molar-refractivity contribution < 1.29 is 4.39 Å². The van der Waals surface area contributed by atoms with Crippen LogP contribution in [-0.4, -0.2) is 17.8 Å². The van der Waals surface area contributed by atoms with Crippen LogP contribution in [0.4, 0.5) is 4.39 Å². The monoisotopic (exact) mass is 188 g/mol. The van der Waals surface area contributed by atoms with Crippen molar-refractivity contribution >= 4 is 24.2 Å². The molecule has 1 aromatic carbocycles. The molecule has 14 heavy (non-hydrogen) atoms. The van der Waals surface area contributed by atoms with Gasteiger partial charge in [0.05, 0.1) is 5.52 Å². The molecule has 1 heterocycles. The molecule has 2 rings (SSSR count). The quantitative estimate of drug-likeness (QED) is 0.483. The first-order chi connectivity index (χ1) is 6.70. The Morgan fingerprint density at radius 2 is 2.21 bits per heavy atom. The zero-order valence-corrected chi connectivity index (χ0v) is 8.21. The molecule has 0 amide bonds. The predicted octanol–water partition coefficient (Wildman–Crippen LogP) is 0.590. The van der Waals surface area contributed by atoms with E-state index >= 15 is 0 Å². The lowest BCUT2D eigenvalue weighted by atomic mass is 9.92. The van der Waals surface area contributed by atoms with Crippen LogP contribution in [0.5, 0.6) is 0 Å². The number of hydrogen-bond donors (Lipinski definition) is 0. The molecule has 0 saturated heterocycles. The van der Waals surface area contributed by atoms with Crippen LogP contribution in [0, 0.1) is 6.08 Å². The minimum absolute atomic E-state index is 0.656. The molecular weight excluding hydrogens is 178 g/mol. The van der Waals surface area contributed by atoms with Gasteiger partial charge in [-0.25, -0.2) is 9.97 Å². The summed E-state index contributed by atoms with van der Waals surface area (Å²) >= 11 is 0. The van der Waals surface area contributed by atoms with E-state index in [1.165, 1.54) is 6.20 Å². The lowest BCUT2D eigenvalue weighted by Crippen LogP contribution is -2.05. The lowest BCUT2D eigenvalue weighted by molar-refractivity contribution is 0.544. The number of fused-ring (bicyclic) bond motifs is 1. The normalized spacial score (nSPS) is 10.7. The van der Waals surface area contributed by atoms with E-state index in [0.717, 1.165) is 28.4 Å². The van der Waals surface area contributed by atoms with E-state index < -0.39 is 6.08 Å². The summed E-state index contributed by atoms with van der Waals surface area (Å²) in [7, 11) is 2.02. The largest absolute Gasteiger partial charge is 0.309 e. The van der Waals surface area contributed by atoms with E-state index in [1.807, 2.05) is 26.9 Å². The van der Waals surface area contributed by atoms with E-state index in [4.69, 9.17) is 0 Å². The third-order valence-corrected chi connectivity index (χ3v) is 2.26. The van der Waals surface area contributed by atoms with Gasteiger partial charge < -0.3 is 0 Å². The molecule has 0 spiro atoms. The Labute approximate surface area is 82.6 Å². The highest BCUT2D eigenvalue weighted by Crippen LogP contribution is 2.14. The summed E-state index contributed by atoms with van der Waals surface area (Å²) in [6.45, 7) is 2.04. The molecule has 0 aliphatic heterocycles. The van der Waals surface area contributed by atoms with Crippen molar-refractivity contribution in [3.05, 3.63) is 30.0 Å². The van der Waals surface area contributed by atoms with Crippen LogP contribution in [0.15, 0.2) is 18.3 Å². The van der Waals surface area contributed by atoms with E-state index in [-0.39, 0.29) is 0 Å². The molecule has 70 valence electrons. The summed E-state index contributed by atoms with van der Waals surface area (Å²) < 4.78 is 12.8. The second-order valence-corrected chi connectivity index (χ2v) is 3.35. The van der Waals surface area contributed by atoms with Crippen LogP contribution in [0.1, 0.15) is 12.5 Å². The fraction of sp³-hybridized carbons (Fsp3) is 0.200. The van der Waals surface area contributed by atoms with Crippen molar-refractivity contribution in [1.29, 1.82) is 0 Å². The van der Waals surface area contributed by atoms with E-state index in [2.05, 4.69) is 9.97 Å². The molecule has 0 unspecified atom stereocenters. The molecule has 4 heteroatoms. The van der Waals surface area contributed by atoms with Gasteiger partial charge in [0, 0.05) is 11.6 Å². The molecule has 0 atom stereocenters. The average molecular weight is 188 g/mol. The predicted molar refractivity (Wildman–Crippen MR) is 57.1 cm³/mol. The smallest absolute Gasteiger partial charge is 0.210 e. The number of rotatable bonds is 1. The van der Waals surface area contributed by atoms with E-state index in [1.54, 1.807) is 0 Å². The Balaban J connectivity index is 2.81. The fourth-order valence-electron chi connectivity index (χ4n) is 1.63. The molecule has 0 aliphatic carbocycles. The standard InChI is InChI=1S/C10H10BFN2/c1-2-6-3-8(11)4-7-5-13-10(12)14-9(6)7/h3-5H,2,11H2,1H3. The molecule has 0 N–H and O–H groups in total. The number of hydrogen-bond acceptors (Lipinski definition) is 2. The highest BCUT2D eigenvalue weighted by molar-refractivity contribution is 6.33. The molecule has 0 radical (unpaired) electrons. The zero-order chi connectivity index (χ0) is 10.1. The minimum Gasteiger partial charge on any atom is -0.210 e. The highest BCUT2D eigenvalue weighted by Gasteiger charge is 2.04. The molecule has 0 aliphatic rings. The van der Waals surface area contributed by atoms with Crippen molar-refractivity contribution in [2.24, 2.45) is 0 Å². The molecule has 2 nitrogen and oxygen atoms in total. The van der Waals surface area contributed by atoms with Crippen molar-refractivity contribution in [3.8, 4) is 0 Å². The number of aromatic nitrogens is 2. The molecule has 1 aromatic heterocycles. The van der Waals surface area contributed by atoms with Crippen LogP contribution < -0.4 is 5.46 Å². The van der Waals surface area contributed by atoms with Crippen molar-refractivity contribution in [2.75, 3.05) is 0 Å². The highest BCUT2D eigenvalue weighted by atomic mass is 19.1. The first kappa shape index (κ1) is 9.12. The SMILES string of the molecule is Bc1cc(CC)c2nc(F)ncc2c1. The van der Waals surface area contributed by atoms with Gasteiger partial charge in [-0.05, 0) is 12.0 Å². The molecule has 0 saturated carbocycles. The van der Waals surface area contributed by atoms with Crippen LogP contribution in [0.3, 0.4) is 0 Å². The van der Waals surface area contributed by atoms with Gasteiger partial charge in [-0.1, -0.05) is 24.5 Å². The summed E-state index contributed by atoms with van der Waals surface area (Å²) in [6, 6.07) is 4.00. The topological polar surface area (TPSA) is 25.8 Å². The van der Waals surface area contributed by atoms with Crippen molar-refractivity contribution in [2.45, 2.75) is 13.3 Å². The third-order valence-electron chi connectivity index (χ3n) is 2.26. The molecular formula is C10H10BFN2. The lowest BCUT2D eigenvalue weighted by Gasteiger charge is -2.04. The Hall–Kier alpha value is -1.45. The first-order valence-electron chi connectivity index (χ1n) is 4.62. The summed E-state index contributed by atoms with van der Waals surface area (Å²) in [5.41, 5.74) is 2.96. The fourth-order valence-corrected chi connectivity index (χ4v) is 1.63. The van der Waals surface area contributed by atoms with E-state index in [0.29, 0.717) is 0 Å². The van der Waals surface area contributed by atoms with Crippen LogP contribution >= 0.6 is 0 Å². The van der Waals surface area contributed by atoms with Gasteiger partial charge in [0.1, 0.15) is 7.85 Å². The number of aryl methyl sites for hydroxylation is 1. The van der Waals surface area contributed by atoms with Gasteiger partial charge in [0.2, 0.25) is 0 Å². The maximum atomic E-state index is 12.8. The Morgan fingerprint density at radius 1 is 1.43 bits per heavy atom. The van der Waals surface area contributed by atoms with Gasteiger partial charge in [-0.3, -0.25) is 0 Å². The van der Waals surface area contributed by atoms with Gasteiger partial charge >= 0.3 is 6.08 Å². The Bertz CT molecular complexity index is 485. The second-order valence-electron chi connectivity index (χ2n) is 3.35. The molecule has 2 aromatic rings. The van der Waals surface area contributed by atoms with Gasteiger partial charge in [-0.2, -0.15) is 4.39 Å². The molecule has 0 bridgehead atoms. The minimum atomic E-state index is -0.656. The van der Waals surface area contributed by atoms with Crippen molar-refractivity contribution in [1.82, 2.24) is 9.97 Å². The van der Waals surface area contributed by atoms with E-state index in [9.17, 15) is 4.39 Å². The van der Waals surface area contributed by atoms with Crippen LogP contribution in [-0.2, 0) is 6.42 Å². The van der Waals surface area contributed by atoms with Crippen LogP contribution in [0.25, 0.3) is 10.9 Å². The number of nitrogens with zero attached hydrogens (tertiary/aromatic N) is 2. The third kappa shape index (κ3) is 1.48. The maximum absolute atomic E-state index is 12.8. The summed E-state index contributed by atoms with van der Waals surface area (Å²) in [6.07, 6.45) is 1.73.